The molecule has 86 valence electrons. The fourth-order valence-corrected chi connectivity index (χ4v) is 1.66. The highest BCUT2D eigenvalue weighted by molar-refractivity contribution is 4.67. The lowest BCUT2D eigenvalue weighted by Crippen LogP contribution is -2.31. The Kier molecular flexibility index (Phi) is 9.42. The Morgan fingerprint density at radius 3 is 2.36 bits per heavy atom. The molecule has 2 atom stereocenters. The van der Waals surface area contributed by atoms with E-state index in [1.165, 1.54) is 32.1 Å². The Bertz CT molecular complexity index is 117. The summed E-state index contributed by atoms with van der Waals surface area (Å²) in [4.78, 5) is 0. The van der Waals surface area contributed by atoms with Gasteiger partial charge >= 0.3 is 0 Å². The molecule has 0 spiro atoms. The van der Waals surface area contributed by atoms with Crippen LogP contribution in [-0.2, 0) is 0 Å². The lowest BCUT2D eigenvalue weighted by atomic mass is 9.97. The summed E-state index contributed by atoms with van der Waals surface area (Å²) in [5, 5.41) is 12.1. The van der Waals surface area contributed by atoms with Gasteiger partial charge in [-0.1, -0.05) is 33.6 Å². The highest BCUT2D eigenvalue weighted by atomic mass is 16.3. The maximum atomic E-state index is 8.74. The third-order valence-corrected chi connectivity index (χ3v) is 2.89. The molecule has 0 bridgehead atoms. The summed E-state index contributed by atoms with van der Waals surface area (Å²) in [6.45, 7) is 7.78. The molecule has 0 saturated heterocycles. The molecule has 2 nitrogen and oxygen atoms in total. The molecule has 0 radical (unpaired) electrons. The quantitative estimate of drug-likeness (QED) is 0.601. The first-order valence-corrected chi connectivity index (χ1v) is 6.08. The second-order valence-electron chi connectivity index (χ2n) is 4.25. The standard InChI is InChI=1S/C12H27NO/c1-4-6-12(13-9-10-14)8-7-11(3)5-2/h11-14H,4-10H2,1-3H3. The lowest BCUT2D eigenvalue weighted by Gasteiger charge is -2.19. The van der Waals surface area contributed by atoms with Crippen LogP contribution in [0.2, 0.25) is 0 Å². The van der Waals surface area contributed by atoms with E-state index in [9.17, 15) is 0 Å². The van der Waals surface area contributed by atoms with Crippen LogP contribution >= 0.6 is 0 Å². The number of aliphatic hydroxyl groups excluding tert-OH is 1. The van der Waals surface area contributed by atoms with Crippen molar-refractivity contribution in [3.63, 3.8) is 0 Å². The Morgan fingerprint density at radius 1 is 1.14 bits per heavy atom. The summed E-state index contributed by atoms with van der Waals surface area (Å²) < 4.78 is 0. The first kappa shape index (κ1) is 13.9. The minimum Gasteiger partial charge on any atom is -0.395 e. The molecule has 2 N–H and O–H groups in total. The molecule has 0 aliphatic rings. The van der Waals surface area contributed by atoms with Crippen LogP contribution in [0.25, 0.3) is 0 Å². The lowest BCUT2D eigenvalue weighted by molar-refractivity contribution is 0.276. The summed E-state index contributed by atoms with van der Waals surface area (Å²) in [5.74, 6) is 0.838. The van der Waals surface area contributed by atoms with Crippen LogP contribution in [-0.4, -0.2) is 24.3 Å². The normalized spacial score (nSPS) is 15.4. The second-order valence-corrected chi connectivity index (χ2v) is 4.25. The van der Waals surface area contributed by atoms with Crippen LogP contribution in [0.1, 0.15) is 52.9 Å². The van der Waals surface area contributed by atoms with Crippen molar-refractivity contribution in [3.8, 4) is 0 Å². The van der Waals surface area contributed by atoms with E-state index in [1.807, 2.05) is 0 Å². The molecule has 0 heterocycles. The summed E-state index contributed by atoms with van der Waals surface area (Å²) in [6, 6.07) is 0.612. The Hall–Kier alpha value is -0.0800. The average molecular weight is 201 g/mol. The molecular weight excluding hydrogens is 174 g/mol. The molecule has 0 amide bonds. The predicted molar refractivity (Wildman–Crippen MR) is 62.5 cm³/mol. The van der Waals surface area contributed by atoms with Crippen molar-refractivity contribution < 1.29 is 5.11 Å². The van der Waals surface area contributed by atoms with Crippen LogP contribution in [0.5, 0.6) is 0 Å². The number of nitrogens with one attached hydrogen (secondary N) is 1. The number of hydrogen-bond donors (Lipinski definition) is 2. The van der Waals surface area contributed by atoms with Gasteiger partial charge in [-0.15, -0.1) is 0 Å². The smallest absolute Gasteiger partial charge is 0.0556 e. The zero-order valence-electron chi connectivity index (χ0n) is 10.1. The summed E-state index contributed by atoms with van der Waals surface area (Å²) >= 11 is 0. The van der Waals surface area contributed by atoms with Gasteiger partial charge in [0.05, 0.1) is 6.61 Å². The van der Waals surface area contributed by atoms with Crippen molar-refractivity contribution >= 4 is 0 Å². The Morgan fingerprint density at radius 2 is 1.86 bits per heavy atom. The molecule has 0 aromatic heterocycles. The predicted octanol–water partition coefficient (Wildman–Crippen LogP) is 2.56. The molecule has 0 rings (SSSR count). The summed E-state index contributed by atoms with van der Waals surface area (Å²) in [6.07, 6.45) is 6.29. The second kappa shape index (κ2) is 9.47. The van der Waals surface area contributed by atoms with Crippen LogP contribution in [0.4, 0.5) is 0 Å². The zero-order chi connectivity index (χ0) is 10.8. The van der Waals surface area contributed by atoms with Crippen molar-refractivity contribution in [2.75, 3.05) is 13.2 Å². The average Bonchev–Trinajstić information content (AvgIpc) is 2.21. The monoisotopic (exact) mass is 201 g/mol. The topological polar surface area (TPSA) is 32.3 Å². The van der Waals surface area contributed by atoms with E-state index in [0.29, 0.717) is 6.04 Å². The van der Waals surface area contributed by atoms with Gasteiger partial charge in [0.1, 0.15) is 0 Å². The molecule has 2 heteroatoms. The van der Waals surface area contributed by atoms with Gasteiger partial charge in [0.25, 0.3) is 0 Å². The third kappa shape index (κ3) is 7.34. The largest absolute Gasteiger partial charge is 0.395 e. The minimum absolute atomic E-state index is 0.254. The van der Waals surface area contributed by atoms with Crippen molar-refractivity contribution in [2.45, 2.75) is 58.9 Å². The number of hydrogen-bond acceptors (Lipinski definition) is 2. The van der Waals surface area contributed by atoms with Gasteiger partial charge in [-0.05, 0) is 25.2 Å². The number of aliphatic hydroxyl groups is 1. The van der Waals surface area contributed by atoms with Gasteiger partial charge in [-0.2, -0.15) is 0 Å². The fourth-order valence-electron chi connectivity index (χ4n) is 1.66. The first-order chi connectivity index (χ1) is 6.74. The highest BCUT2D eigenvalue weighted by Gasteiger charge is 2.08. The van der Waals surface area contributed by atoms with Gasteiger partial charge in [0.15, 0.2) is 0 Å². The molecule has 0 aliphatic carbocycles. The SMILES string of the molecule is CCCC(CCC(C)CC)NCCO. The third-order valence-electron chi connectivity index (χ3n) is 2.89. The molecule has 0 aromatic rings. The van der Waals surface area contributed by atoms with Gasteiger partial charge in [-0.25, -0.2) is 0 Å². The molecule has 0 saturated carbocycles. The van der Waals surface area contributed by atoms with E-state index >= 15 is 0 Å². The molecule has 0 aliphatic heterocycles. The van der Waals surface area contributed by atoms with Gasteiger partial charge in [0.2, 0.25) is 0 Å². The molecular formula is C12H27NO. The van der Waals surface area contributed by atoms with E-state index in [0.717, 1.165) is 12.5 Å². The summed E-state index contributed by atoms with van der Waals surface area (Å²) in [5.41, 5.74) is 0. The molecule has 14 heavy (non-hydrogen) atoms. The van der Waals surface area contributed by atoms with Crippen LogP contribution in [0, 0.1) is 5.92 Å². The van der Waals surface area contributed by atoms with Crippen molar-refractivity contribution in [2.24, 2.45) is 5.92 Å². The summed E-state index contributed by atoms with van der Waals surface area (Å²) in [7, 11) is 0. The van der Waals surface area contributed by atoms with Crippen molar-refractivity contribution in [1.29, 1.82) is 0 Å². The number of rotatable bonds is 9. The van der Waals surface area contributed by atoms with E-state index < -0.39 is 0 Å². The zero-order valence-corrected chi connectivity index (χ0v) is 10.1. The molecule has 0 aromatic carbocycles. The minimum atomic E-state index is 0.254. The van der Waals surface area contributed by atoms with Gasteiger partial charge in [-0.3, -0.25) is 0 Å². The van der Waals surface area contributed by atoms with Crippen molar-refractivity contribution in [1.82, 2.24) is 5.32 Å². The molecule has 0 fully saturated rings. The van der Waals surface area contributed by atoms with Gasteiger partial charge in [0, 0.05) is 12.6 Å². The van der Waals surface area contributed by atoms with E-state index in [1.54, 1.807) is 0 Å². The van der Waals surface area contributed by atoms with Crippen LogP contribution < -0.4 is 5.32 Å². The Labute approximate surface area is 89.1 Å². The molecule has 2 unspecified atom stereocenters. The highest BCUT2D eigenvalue weighted by Crippen LogP contribution is 2.13. The van der Waals surface area contributed by atoms with Crippen LogP contribution in [0.15, 0.2) is 0 Å². The van der Waals surface area contributed by atoms with E-state index in [2.05, 4.69) is 26.1 Å². The van der Waals surface area contributed by atoms with E-state index in [-0.39, 0.29) is 6.61 Å². The van der Waals surface area contributed by atoms with Gasteiger partial charge < -0.3 is 10.4 Å². The van der Waals surface area contributed by atoms with E-state index in [4.69, 9.17) is 5.11 Å². The maximum Gasteiger partial charge on any atom is 0.0556 e. The van der Waals surface area contributed by atoms with Crippen molar-refractivity contribution in [3.05, 3.63) is 0 Å². The maximum absolute atomic E-state index is 8.74. The fraction of sp³-hybridized carbons (Fsp3) is 1.00. The Balaban J connectivity index is 3.60. The van der Waals surface area contributed by atoms with Crippen LogP contribution in [0.3, 0.4) is 0 Å². The first-order valence-electron chi connectivity index (χ1n) is 6.08.